The first-order valence-corrected chi connectivity index (χ1v) is 7.84. The van der Waals surface area contributed by atoms with Crippen molar-refractivity contribution in [3.8, 4) is 5.69 Å². The van der Waals surface area contributed by atoms with Crippen LogP contribution < -0.4 is 5.32 Å². The Balaban J connectivity index is 2.35. The van der Waals surface area contributed by atoms with Gasteiger partial charge < -0.3 is 5.32 Å². The Morgan fingerprint density at radius 1 is 1.14 bits per heavy atom. The molecule has 0 saturated carbocycles. The van der Waals surface area contributed by atoms with Crippen LogP contribution in [0.2, 0.25) is 0 Å². The average molecular weight is 286 g/mol. The van der Waals surface area contributed by atoms with Crippen LogP contribution in [-0.2, 0) is 0 Å². The number of para-hydroxylation sites is 1. The van der Waals surface area contributed by atoms with E-state index in [-0.39, 0.29) is 6.04 Å². The van der Waals surface area contributed by atoms with Gasteiger partial charge in [-0.3, -0.25) is 0 Å². The maximum absolute atomic E-state index is 4.28. The highest BCUT2D eigenvalue weighted by Crippen LogP contribution is 2.28. The highest BCUT2D eigenvalue weighted by molar-refractivity contribution is 5.32. The summed E-state index contributed by atoms with van der Waals surface area (Å²) in [7, 11) is 0. The summed E-state index contributed by atoms with van der Waals surface area (Å²) in [6, 6.07) is 10.5. The van der Waals surface area contributed by atoms with Gasteiger partial charge in [0.15, 0.2) is 0 Å². The maximum Gasteiger partial charge on any atom is 0.0818 e. The first-order valence-electron chi connectivity index (χ1n) is 7.84. The summed E-state index contributed by atoms with van der Waals surface area (Å²) in [4.78, 5) is 0. The topological polar surface area (TPSA) is 42.7 Å². The summed E-state index contributed by atoms with van der Waals surface area (Å²) < 4.78 is 1.95. The van der Waals surface area contributed by atoms with Gasteiger partial charge in [-0.15, -0.1) is 5.10 Å². The van der Waals surface area contributed by atoms with Crippen LogP contribution in [0.15, 0.2) is 36.5 Å². The van der Waals surface area contributed by atoms with E-state index in [1.807, 2.05) is 29.1 Å². The second kappa shape index (κ2) is 7.36. The van der Waals surface area contributed by atoms with Crippen LogP contribution in [-0.4, -0.2) is 21.5 Å². The van der Waals surface area contributed by atoms with E-state index in [9.17, 15) is 0 Å². The molecule has 0 radical (unpaired) electrons. The summed E-state index contributed by atoms with van der Waals surface area (Å²) in [5, 5.41) is 12.1. The number of benzene rings is 1. The Morgan fingerprint density at radius 3 is 2.48 bits per heavy atom. The molecular weight excluding hydrogens is 260 g/mol. The second-order valence-electron chi connectivity index (χ2n) is 5.94. The van der Waals surface area contributed by atoms with Crippen LogP contribution in [0, 0.1) is 11.8 Å². The highest BCUT2D eigenvalue weighted by Gasteiger charge is 2.25. The zero-order chi connectivity index (χ0) is 15.2. The molecule has 0 bridgehead atoms. The molecule has 0 saturated heterocycles. The number of hydrogen-bond acceptors (Lipinski definition) is 3. The molecule has 2 aromatic rings. The van der Waals surface area contributed by atoms with Crippen molar-refractivity contribution in [1.29, 1.82) is 0 Å². The van der Waals surface area contributed by atoms with Crippen molar-refractivity contribution in [2.24, 2.45) is 11.8 Å². The predicted molar refractivity (Wildman–Crippen MR) is 86.4 cm³/mol. The lowest BCUT2D eigenvalue weighted by atomic mass is 9.88. The summed E-state index contributed by atoms with van der Waals surface area (Å²) in [6.07, 6.45) is 3.01. The van der Waals surface area contributed by atoms with Crippen molar-refractivity contribution < 1.29 is 0 Å². The second-order valence-corrected chi connectivity index (χ2v) is 5.94. The number of aromatic nitrogens is 3. The Labute approximate surface area is 127 Å². The first kappa shape index (κ1) is 15.7. The molecule has 0 fully saturated rings. The van der Waals surface area contributed by atoms with Gasteiger partial charge in [-0.25, -0.2) is 4.68 Å². The fourth-order valence-electron chi connectivity index (χ4n) is 2.47. The van der Waals surface area contributed by atoms with E-state index >= 15 is 0 Å². The molecule has 1 aromatic carbocycles. The van der Waals surface area contributed by atoms with Crippen molar-refractivity contribution >= 4 is 0 Å². The molecule has 0 amide bonds. The molecule has 0 aliphatic carbocycles. The molecule has 21 heavy (non-hydrogen) atoms. The molecule has 1 aromatic heterocycles. The van der Waals surface area contributed by atoms with Crippen molar-refractivity contribution in [1.82, 2.24) is 20.3 Å². The van der Waals surface area contributed by atoms with E-state index in [4.69, 9.17) is 0 Å². The van der Waals surface area contributed by atoms with E-state index in [1.54, 1.807) is 0 Å². The van der Waals surface area contributed by atoms with Crippen LogP contribution in [0.25, 0.3) is 5.69 Å². The maximum atomic E-state index is 4.28. The minimum atomic E-state index is 0.264. The van der Waals surface area contributed by atoms with E-state index in [0.29, 0.717) is 11.8 Å². The molecule has 2 unspecified atom stereocenters. The average Bonchev–Trinajstić information content (AvgIpc) is 2.97. The van der Waals surface area contributed by atoms with Gasteiger partial charge in [-0.2, -0.15) is 0 Å². The van der Waals surface area contributed by atoms with Crippen molar-refractivity contribution in [3.63, 3.8) is 0 Å². The largest absolute Gasteiger partial charge is 0.308 e. The Kier molecular flexibility index (Phi) is 5.51. The smallest absolute Gasteiger partial charge is 0.0818 e. The molecule has 0 spiro atoms. The van der Waals surface area contributed by atoms with Gasteiger partial charge in [0.25, 0.3) is 0 Å². The van der Waals surface area contributed by atoms with E-state index < -0.39 is 0 Å². The minimum absolute atomic E-state index is 0.264. The van der Waals surface area contributed by atoms with Crippen molar-refractivity contribution in [2.45, 2.75) is 40.2 Å². The van der Waals surface area contributed by atoms with Gasteiger partial charge in [0.2, 0.25) is 0 Å². The summed E-state index contributed by atoms with van der Waals surface area (Å²) >= 11 is 0. The fraction of sp³-hybridized carbons (Fsp3) is 0.529. The summed E-state index contributed by atoms with van der Waals surface area (Å²) in [5.74, 6) is 1.11. The van der Waals surface area contributed by atoms with Gasteiger partial charge in [0.05, 0.1) is 23.6 Å². The molecule has 0 aliphatic heterocycles. The van der Waals surface area contributed by atoms with E-state index in [2.05, 4.69) is 55.5 Å². The molecule has 4 nitrogen and oxygen atoms in total. The molecular formula is C17H26N4. The number of hydrogen-bond donors (Lipinski definition) is 1. The standard InChI is InChI=1S/C17H26N4/c1-5-11-18-17(14(4)13(2)3)16-12-19-20-21(16)15-9-7-6-8-10-15/h6-10,12-14,17-18H,5,11H2,1-4H3. The molecule has 2 rings (SSSR count). The zero-order valence-corrected chi connectivity index (χ0v) is 13.5. The molecule has 1 N–H and O–H groups in total. The van der Waals surface area contributed by atoms with Gasteiger partial charge in [0.1, 0.15) is 0 Å². The molecule has 1 heterocycles. The Morgan fingerprint density at radius 2 is 1.86 bits per heavy atom. The lowest BCUT2D eigenvalue weighted by molar-refractivity contribution is 0.295. The van der Waals surface area contributed by atoms with Gasteiger partial charge >= 0.3 is 0 Å². The highest BCUT2D eigenvalue weighted by atomic mass is 15.4. The summed E-state index contributed by atoms with van der Waals surface area (Å²) in [6.45, 7) is 10.0. The van der Waals surface area contributed by atoms with Crippen LogP contribution in [0.4, 0.5) is 0 Å². The van der Waals surface area contributed by atoms with Gasteiger partial charge in [-0.05, 0) is 36.9 Å². The molecule has 4 heteroatoms. The van der Waals surface area contributed by atoms with Gasteiger partial charge in [-0.1, -0.05) is 51.1 Å². The van der Waals surface area contributed by atoms with Crippen LogP contribution in [0.5, 0.6) is 0 Å². The Bertz CT molecular complexity index is 533. The van der Waals surface area contributed by atoms with Crippen LogP contribution >= 0.6 is 0 Å². The van der Waals surface area contributed by atoms with E-state index in [0.717, 1.165) is 24.3 Å². The quantitative estimate of drug-likeness (QED) is 0.845. The SMILES string of the molecule is CCCNC(c1cnnn1-c1ccccc1)C(C)C(C)C. The lowest BCUT2D eigenvalue weighted by Gasteiger charge is -2.28. The zero-order valence-electron chi connectivity index (χ0n) is 13.5. The third kappa shape index (κ3) is 3.70. The van der Waals surface area contributed by atoms with E-state index in [1.165, 1.54) is 0 Å². The monoisotopic (exact) mass is 286 g/mol. The Hall–Kier alpha value is -1.68. The minimum Gasteiger partial charge on any atom is -0.308 e. The summed E-state index contributed by atoms with van der Waals surface area (Å²) in [5.41, 5.74) is 2.19. The number of rotatable bonds is 7. The fourth-order valence-corrected chi connectivity index (χ4v) is 2.47. The number of nitrogens with zero attached hydrogens (tertiary/aromatic N) is 3. The molecule has 0 aliphatic rings. The first-order chi connectivity index (χ1) is 10.1. The van der Waals surface area contributed by atoms with Crippen LogP contribution in [0.1, 0.15) is 45.9 Å². The van der Waals surface area contributed by atoms with Crippen molar-refractivity contribution in [2.75, 3.05) is 6.54 Å². The molecule has 114 valence electrons. The van der Waals surface area contributed by atoms with Crippen molar-refractivity contribution in [3.05, 3.63) is 42.2 Å². The lowest BCUT2D eigenvalue weighted by Crippen LogP contribution is -2.32. The normalized spacial score (nSPS) is 14.3. The molecule has 2 atom stereocenters. The third-order valence-corrected chi connectivity index (χ3v) is 4.09. The van der Waals surface area contributed by atoms with Gasteiger partial charge in [0, 0.05) is 0 Å². The third-order valence-electron chi connectivity index (χ3n) is 4.09. The van der Waals surface area contributed by atoms with Crippen LogP contribution in [0.3, 0.4) is 0 Å². The predicted octanol–water partition coefficient (Wildman–Crippen LogP) is 3.60. The number of nitrogens with one attached hydrogen (secondary N) is 1.